The van der Waals surface area contributed by atoms with Crippen molar-refractivity contribution >= 4 is 28.1 Å². The van der Waals surface area contributed by atoms with E-state index in [4.69, 9.17) is 9.63 Å². The summed E-state index contributed by atoms with van der Waals surface area (Å²) in [6.45, 7) is 5.13. The Labute approximate surface area is 194 Å². The number of anilines is 2. The molecule has 174 valence electrons. The molecule has 1 saturated heterocycles. The summed E-state index contributed by atoms with van der Waals surface area (Å²) in [4.78, 5) is 13.5. The quantitative estimate of drug-likeness (QED) is 0.328. The molecule has 0 bridgehead atoms. The first-order valence-corrected chi connectivity index (χ1v) is 11.2. The molecule has 0 aliphatic carbocycles. The SMILES string of the molecule is OCCN1CCN(Cc2nc(-c3cnc4ccc(Nc5ccc6[nH]ncc6c5)nn34)no2)CC1. The van der Waals surface area contributed by atoms with E-state index in [2.05, 4.69) is 45.5 Å². The van der Waals surface area contributed by atoms with Crippen LogP contribution < -0.4 is 5.32 Å². The fourth-order valence-electron chi connectivity index (χ4n) is 4.19. The van der Waals surface area contributed by atoms with E-state index in [1.165, 1.54) is 0 Å². The summed E-state index contributed by atoms with van der Waals surface area (Å²) >= 11 is 0. The highest BCUT2D eigenvalue weighted by atomic mass is 16.5. The van der Waals surface area contributed by atoms with Gasteiger partial charge in [-0.3, -0.25) is 14.9 Å². The Morgan fingerprint density at radius 3 is 2.82 bits per heavy atom. The minimum Gasteiger partial charge on any atom is -0.395 e. The zero-order valence-electron chi connectivity index (χ0n) is 18.4. The van der Waals surface area contributed by atoms with Crippen molar-refractivity contribution in [3.8, 4) is 11.5 Å². The molecule has 34 heavy (non-hydrogen) atoms. The number of benzene rings is 1. The number of hydrogen-bond donors (Lipinski definition) is 3. The van der Waals surface area contributed by atoms with Crippen molar-refractivity contribution in [1.29, 1.82) is 0 Å². The van der Waals surface area contributed by atoms with E-state index in [0.29, 0.717) is 42.0 Å². The minimum atomic E-state index is 0.192. The van der Waals surface area contributed by atoms with E-state index in [1.807, 2.05) is 30.3 Å². The lowest BCUT2D eigenvalue weighted by molar-refractivity contribution is 0.101. The number of aliphatic hydroxyl groups is 1. The van der Waals surface area contributed by atoms with Gasteiger partial charge >= 0.3 is 0 Å². The van der Waals surface area contributed by atoms with E-state index in [1.54, 1.807) is 16.9 Å². The predicted octanol–water partition coefficient (Wildman–Crippen LogP) is 1.51. The molecule has 0 amide bonds. The Balaban J connectivity index is 1.19. The topological polar surface area (TPSA) is 137 Å². The Morgan fingerprint density at radius 2 is 1.94 bits per heavy atom. The summed E-state index contributed by atoms with van der Waals surface area (Å²) in [6, 6.07) is 9.72. The maximum Gasteiger partial charge on any atom is 0.241 e. The van der Waals surface area contributed by atoms with Gasteiger partial charge in [0.1, 0.15) is 5.69 Å². The van der Waals surface area contributed by atoms with Crippen LogP contribution in [0.4, 0.5) is 11.5 Å². The Morgan fingerprint density at radius 1 is 1.06 bits per heavy atom. The molecule has 3 N–H and O–H groups in total. The third-order valence-corrected chi connectivity index (χ3v) is 6.01. The number of rotatable bonds is 7. The second-order valence-corrected chi connectivity index (χ2v) is 8.28. The van der Waals surface area contributed by atoms with Gasteiger partial charge in [0.2, 0.25) is 11.7 Å². The maximum absolute atomic E-state index is 9.10. The average molecular weight is 461 g/mol. The summed E-state index contributed by atoms with van der Waals surface area (Å²) in [7, 11) is 0. The number of fused-ring (bicyclic) bond motifs is 2. The second kappa shape index (κ2) is 8.82. The first-order valence-electron chi connectivity index (χ1n) is 11.2. The largest absolute Gasteiger partial charge is 0.395 e. The van der Waals surface area contributed by atoms with Crippen LogP contribution in [-0.2, 0) is 6.54 Å². The van der Waals surface area contributed by atoms with E-state index in [-0.39, 0.29) is 6.61 Å². The molecular weight excluding hydrogens is 436 g/mol. The van der Waals surface area contributed by atoms with Crippen molar-refractivity contribution < 1.29 is 9.63 Å². The summed E-state index contributed by atoms with van der Waals surface area (Å²) in [6.07, 6.45) is 3.49. The zero-order valence-corrected chi connectivity index (χ0v) is 18.4. The summed E-state index contributed by atoms with van der Waals surface area (Å²) in [5, 5.41) is 29.3. The van der Waals surface area contributed by atoms with Crippen LogP contribution in [0, 0.1) is 0 Å². The number of aromatic amines is 1. The maximum atomic E-state index is 9.10. The number of hydrogen-bond acceptors (Lipinski definition) is 10. The lowest BCUT2D eigenvalue weighted by Gasteiger charge is -2.33. The summed E-state index contributed by atoms with van der Waals surface area (Å²) < 4.78 is 7.23. The van der Waals surface area contributed by atoms with Crippen molar-refractivity contribution in [2.75, 3.05) is 44.6 Å². The normalized spacial score (nSPS) is 15.4. The number of aromatic nitrogens is 7. The molecule has 1 aliphatic rings. The average Bonchev–Trinajstić information content (AvgIpc) is 3.59. The fraction of sp³-hybridized carbons (Fsp3) is 0.318. The highest BCUT2D eigenvalue weighted by molar-refractivity contribution is 5.82. The molecule has 1 aromatic carbocycles. The Bertz CT molecular complexity index is 1420. The van der Waals surface area contributed by atoms with Crippen LogP contribution in [0.1, 0.15) is 5.89 Å². The van der Waals surface area contributed by atoms with Crippen molar-refractivity contribution in [2.24, 2.45) is 0 Å². The number of piperazine rings is 1. The molecule has 4 aromatic heterocycles. The summed E-state index contributed by atoms with van der Waals surface area (Å²) in [5.41, 5.74) is 3.23. The molecule has 5 aromatic rings. The van der Waals surface area contributed by atoms with Crippen LogP contribution in [-0.4, -0.2) is 89.2 Å². The molecule has 1 aliphatic heterocycles. The first kappa shape index (κ1) is 20.7. The van der Waals surface area contributed by atoms with E-state index >= 15 is 0 Å². The highest BCUT2D eigenvalue weighted by Crippen LogP contribution is 2.22. The third kappa shape index (κ3) is 4.09. The Kier molecular flexibility index (Phi) is 5.37. The molecule has 0 radical (unpaired) electrons. The number of nitrogens with one attached hydrogen (secondary N) is 2. The fourth-order valence-corrected chi connectivity index (χ4v) is 4.19. The zero-order chi connectivity index (χ0) is 22.9. The smallest absolute Gasteiger partial charge is 0.241 e. The number of β-amino-alcohol motifs (C(OH)–C–C–N with tert-alkyl or cyclic N) is 1. The molecule has 0 spiro atoms. The molecule has 12 heteroatoms. The van der Waals surface area contributed by atoms with Crippen molar-refractivity contribution in [1.82, 2.24) is 44.7 Å². The van der Waals surface area contributed by atoms with Crippen LogP contribution >= 0.6 is 0 Å². The number of imidazole rings is 1. The Hall–Kier alpha value is -3.87. The van der Waals surface area contributed by atoms with Gasteiger partial charge in [-0.25, -0.2) is 9.50 Å². The minimum absolute atomic E-state index is 0.192. The van der Waals surface area contributed by atoms with Gasteiger partial charge in [-0.2, -0.15) is 10.1 Å². The third-order valence-electron chi connectivity index (χ3n) is 6.01. The van der Waals surface area contributed by atoms with Crippen LogP contribution in [0.25, 0.3) is 28.1 Å². The van der Waals surface area contributed by atoms with Gasteiger partial charge < -0.3 is 14.9 Å². The predicted molar refractivity (Wildman–Crippen MR) is 124 cm³/mol. The van der Waals surface area contributed by atoms with Crippen molar-refractivity contribution in [3.63, 3.8) is 0 Å². The van der Waals surface area contributed by atoms with Gasteiger partial charge in [-0.15, -0.1) is 5.10 Å². The highest BCUT2D eigenvalue weighted by Gasteiger charge is 2.20. The molecule has 12 nitrogen and oxygen atoms in total. The first-order chi connectivity index (χ1) is 16.7. The van der Waals surface area contributed by atoms with Crippen molar-refractivity contribution in [2.45, 2.75) is 6.54 Å². The second-order valence-electron chi connectivity index (χ2n) is 8.28. The standard InChI is InChI=1S/C22H24N10O2/c33-10-9-30-5-7-31(8-6-30)14-21-26-22(29-34-21)18-13-23-20-4-3-19(28-32(18)20)25-16-1-2-17-15(11-16)12-24-27-17/h1-4,11-13,33H,5-10,14H2,(H,24,27)(H,25,28). The van der Waals surface area contributed by atoms with Crippen LogP contribution in [0.15, 0.2) is 47.2 Å². The van der Waals surface area contributed by atoms with Gasteiger partial charge in [-0.05, 0) is 30.3 Å². The van der Waals surface area contributed by atoms with Gasteiger partial charge in [0.15, 0.2) is 11.5 Å². The molecule has 0 saturated carbocycles. The van der Waals surface area contributed by atoms with Crippen LogP contribution in [0.3, 0.4) is 0 Å². The monoisotopic (exact) mass is 460 g/mol. The van der Waals surface area contributed by atoms with Gasteiger partial charge in [0.05, 0.1) is 31.1 Å². The molecule has 5 heterocycles. The van der Waals surface area contributed by atoms with E-state index in [9.17, 15) is 0 Å². The van der Waals surface area contributed by atoms with E-state index < -0.39 is 0 Å². The molecule has 0 atom stereocenters. The molecule has 6 rings (SSSR count). The van der Waals surface area contributed by atoms with Gasteiger partial charge in [0.25, 0.3) is 0 Å². The van der Waals surface area contributed by atoms with Gasteiger partial charge in [-0.1, -0.05) is 5.16 Å². The lowest BCUT2D eigenvalue weighted by Crippen LogP contribution is -2.46. The van der Waals surface area contributed by atoms with Gasteiger partial charge in [0, 0.05) is 43.8 Å². The number of aliphatic hydroxyl groups excluding tert-OH is 1. The molecule has 0 unspecified atom stereocenters. The summed E-state index contributed by atoms with van der Waals surface area (Å²) in [5.74, 6) is 1.67. The van der Waals surface area contributed by atoms with E-state index in [0.717, 1.165) is 42.8 Å². The number of nitrogens with zero attached hydrogens (tertiary/aromatic N) is 8. The lowest BCUT2D eigenvalue weighted by atomic mass is 10.2. The molecular formula is C22H24N10O2. The van der Waals surface area contributed by atoms with Crippen LogP contribution in [0.5, 0.6) is 0 Å². The number of H-pyrrole nitrogens is 1. The van der Waals surface area contributed by atoms with Crippen molar-refractivity contribution in [3.05, 3.63) is 48.6 Å². The molecule has 1 fully saturated rings. The van der Waals surface area contributed by atoms with Crippen LogP contribution in [0.2, 0.25) is 0 Å².